The second-order valence-electron chi connectivity index (χ2n) is 7.37. The number of rotatable bonds is 6. The lowest BCUT2D eigenvalue weighted by atomic mass is 9.90. The first-order chi connectivity index (χ1) is 14.3. The number of anilines is 2. The molecule has 1 saturated carbocycles. The minimum atomic E-state index is -0.947. The van der Waals surface area contributed by atoms with Crippen molar-refractivity contribution in [2.75, 3.05) is 29.5 Å². The van der Waals surface area contributed by atoms with Crippen LogP contribution < -0.4 is 20.0 Å². The second-order valence-corrected chi connectivity index (χ2v) is 9.41. The number of para-hydroxylation sites is 2. The van der Waals surface area contributed by atoms with E-state index in [0.717, 1.165) is 0 Å². The van der Waals surface area contributed by atoms with Gasteiger partial charge in [-0.2, -0.15) is 0 Å². The summed E-state index contributed by atoms with van der Waals surface area (Å²) in [6.45, 7) is 1.30. The first kappa shape index (κ1) is 20.4. The van der Waals surface area contributed by atoms with Gasteiger partial charge in [-0.3, -0.25) is 0 Å². The number of nitrogens with one attached hydrogen (secondary N) is 2. The molecule has 1 aliphatic carbocycles. The Morgan fingerprint density at radius 3 is 1.97 bits per heavy atom. The maximum atomic E-state index is 6.59. The maximum absolute atomic E-state index is 6.59. The van der Waals surface area contributed by atoms with Crippen LogP contribution in [-0.2, 0) is 4.52 Å². The smallest absolute Gasteiger partial charge is 0.249 e. The fourth-order valence-electron chi connectivity index (χ4n) is 4.27. The number of nitrogens with zero attached hydrogens (tertiary/aromatic N) is 2. The third kappa shape index (κ3) is 4.50. The van der Waals surface area contributed by atoms with E-state index < -0.39 is 8.45 Å². The van der Waals surface area contributed by atoms with E-state index in [0.29, 0.717) is 30.3 Å². The number of benzene rings is 2. The van der Waals surface area contributed by atoms with Gasteiger partial charge in [-0.15, -0.1) is 0 Å². The van der Waals surface area contributed by atoms with Gasteiger partial charge >= 0.3 is 0 Å². The minimum absolute atomic E-state index is 0.490. The molecule has 0 aromatic heterocycles. The molecule has 0 amide bonds. The molecule has 0 radical (unpaired) electrons. The molecule has 2 fully saturated rings. The van der Waals surface area contributed by atoms with Gasteiger partial charge in [0.05, 0.1) is 18.7 Å². The Balaban J connectivity index is 1.63. The summed E-state index contributed by atoms with van der Waals surface area (Å²) in [6, 6.07) is 22.5. The molecule has 5 nitrogen and oxygen atoms in total. The standard InChI is InChI=1S/C22H29N4OPS/c1-23-22(29)24-16-17-27-28-25(18-10-4-2-5-11-18)20-14-8-9-15-21(20)26(28)19-12-6-3-7-13-19/h2-7,10-13,20-21H,8-9,14-17H2,1H3,(H2,23,24,29)/t20-,21-/m1/s1. The van der Waals surface area contributed by atoms with E-state index in [1.807, 2.05) is 7.05 Å². The predicted molar refractivity (Wildman–Crippen MR) is 126 cm³/mol. The van der Waals surface area contributed by atoms with Crippen LogP contribution in [0.25, 0.3) is 0 Å². The van der Waals surface area contributed by atoms with Gasteiger partial charge in [0.25, 0.3) is 0 Å². The lowest BCUT2D eigenvalue weighted by molar-refractivity contribution is 0.355. The number of thiocarbonyl (C=S) groups is 1. The Bertz CT molecular complexity index is 738. The lowest BCUT2D eigenvalue weighted by Gasteiger charge is -2.32. The molecule has 0 unspecified atom stereocenters. The molecule has 2 aromatic carbocycles. The summed E-state index contributed by atoms with van der Waals surface area (Å²) in [5.41, 5.74) is 2.51. The summed E-state index contributed by atoms with van der Waals surface area (Å²) in [5.74, 6) is 0. The van der Waals surface area contributed by atoms with Gasteiger partial charge in [0.15, 0.2) is 5.11 Å². The summed E-state index contributed by atoms with van der Waals surface area (Å²) >= 11 is 5.19. The molecule has 2 aliphatic rings. The molecule has 154 valence electrons. The highest BCUT2D eigenvalue weighted by molar-refractivity contribution is 7.80. The zero-order valence-electron chi connectivity index (χ0n) is 16.8. The molecule has 2 aromatic rings. The van der Waals surface area contributed by atoms with Crippen molar-refractivity contribution in [3.63, 3.8) is 0 Å². The van der Waals surface area contributed by atoms with Gasteiger partial charge in [-0.05, 0) is 49.3 Å². The van der Waals surface area contributed by atoms with Crippen molar-refractivity contribution < 1.29 is 4.52 Å². The topological polar surface area (TPSA) is 39.8 Å². The number of hydrogen-bond acceptors (Lipinski definition) is 4. The predicted octanol–water partition coefficient (Wildman–Crippen LogP) is 4.66. The van der Waals surface area contributed by atoms with E-state index in [9.17, 15) is 0 Å². The highest BCUT2D eigenvalue weighted by atomic mass is 32.1. The van der Waals surface area contributed by atoms with Crippen molar-refractivity contribution >= 4 is 37.2 Å². The summed E-state index contributed by atoms with van der Waals surface area (Å²) in [6.07, 6.45) is 5.00. The summed E-state index contributed by atoms with van der Waals surface area (Å²) in [4.78, 5) is 0. The van der Waals surface area contributed by atoms with Gasteiger partial charge in [0.1, 0.15) is 0 Å². The highest BCUT2D eigenvalue weighted by Gasteiger charge is 2.49. The van der Waals surface area contributed by atoms with Gasteiger partial charge in [0.2, 0.25) is 8.45 Å². The fourth-order valence-corrected chi connectivity index (χ4v) is 6.79. The first-order valence-electron chi connectivity index (χ1n) is 10.4. The second kappa shape index (κ2) is 9.75. The average molecular weight is 429 g/mol. The molecule has 2 atom stereocenters. The number of fused-ring (bicyclic) bond motifs is 1. The van der Waals surface area contributed by atoms with Crippen LogP contribution in [-0.4, -0.2) is 37.4 Å². The molecule has 4 rings (SSSR count). The van der Waals surface area contributed by atoms with E-state index in [1.165, 1.54) is 37.1 Å². The molecule has 7 heteroatoms. The minimum Gasteiger partial charge on any atom is -0.366 e. The van der Waals surface area contributed by atoms with Crippen LogP contribution in [0.4, 0.5) is 11.4 Å². The molecule has 0 bridgehead atoms. The van der Waals surface area contributed by atoms with Gasteiger partial charge in [-0.1, -0.05) is 49.2 Å². The molecule has 2 N–H and O–H groups in total. The maximum Gasteiger partial charge on any atom is 0.249 e. The Kier molecular flexibility index (Phi) is 6.86. The Morgan fingerprint density at radius 1 is 0.966 bits per heavy atom. The largest absolute Gasteiger partial charge is 0.366 e. The highest BCUT2D eigenvalue weighted by Crippen LogP contribution is 2.60. The molecular weight excluding hydrogens is 399 g/mol. The summed E-state index contributed by atoms with van der Waals surface area (Å²) in [7, 11) is 0.883. The van der Waals surface area contributed by atoms with E-state index in [1.54, 1.807) is 0 Å². The van der Waals surface area contributed by atoms with Gasteiger partial charge in [-0.25, -0.2) is 0 Å². The quantitative estimate of drug-likeness (QED) is 0.396. The zero-order valence-corrected chi connectivity index (χ0v) is 18.5. The van der Waals surface area contributed by atoms with Crippen LogP contribution in [0.1, 0.15) is 25.7 Å². The van der Waals surface area contributed by atoms with Crippen molar-refractivity contribution in [2.45, 2.75) is 37.8 Å². The lowest BCUT2D eigenvalue weighted by Crippen LogP contribution is -2.40. The van der Waals surface area contributed by atoms with E-state index in [4.69, 9.17) is 16.7 Å². The van der Waals surface area contributed by atoms with E-state index in [-0.39, 0.29) is 0 Å². The third-order valence-electron chi connectivity index (χ3n) is 5.55. The van der Waals surface area contributed by atoms with Crippen molar-refractivity contribution in [1.82, 2.24) is 10.6 Å². The summed E-state index contributed by atoms with van der Waals surface area (Å²) < 4.78 is 11.7. The van der Waals surface area contributed by atoms with Crippen molar-refractivity contribution in [3.05, 3.63) is 60.7 Å². The van der Waals surface area contributed by atoms with Crippen molar-refractivity contribution in [3.8, 4) is 0 Å². The van der Waals surface area contributed by atoms with Gasteiger partial charge in [0, 0.05) is 25.0 Å². The SMILES string of the molecule is CNC(=S)NCCOP1N(c2ccccc2)[C@@H]2CCCC[C@H]2N1c1ccccc1. The van der Waals surface area contributed by atoms with Crippen LogP contribution >= 0.6 is 20.7 Å². The van der Waals surface area contributed by atoms with Crippen molar-refractivity contribution in [1.29, 1.82) is 0 Å². The monoisotopic (exact) mass is 428 g/mol. The Labute approximate surface area is 180 Å². The Morgan fingerprint density at radius 2 is 1.48 bits per heavy atom. The average Bonchev–Trinajstić information content (AvgIpc) is 3.11. The van der Waals surface area contributed by atoms with Crippen LogP contribution in [0.15, 0.2) is 60.7 Å². The molecule has 29 heavy (non-hydrogen) atoms. The van der Waals surface area contributed by atoms with Gasteiger partial charge < -0.3 is 24.5 Å². The van der Waals surface area contributed by atoms with Crippen molar-refractivity contribution in [2.24, 2.45) is 0 Å². The normalized spacial score (nSPS) is 21.7. The summed E-state index contributed by atoms with van der Waals surface area (Å²) in [5, 5.41) is 6.80. The molecular formula is C22H29N4OPS. The van der Waals surface area contributed by atoms with Crippen LogP contribution in [0.3, 0.4) is 0 Å². The molecule has 0 spiro atoms. The number of hydrogen-bond donors (Lipinski definition) is 2. The van der Waals surface area contributed by atoms with Crippen LogP contribution in [0, 0.1) is 0 Å². The fraction of sp³-hybridized carbons (Fsp3) is 0.409. The van der Waals surface area contributed by atoms with E-state index >= 15 is 0 Å². The van der Waals surface area contributed by atoms with Crippen LogP contribution in [0.5, 0.6) is 0 Å². The molecule has 1 aliphatic heterocycles. The zero-order chi connectivity index (χ0) is 20.1. The third-order valence-corrected chi connectivity index (χ3v) is 8.11. The Hall–Kier alpha value is -1.88. The van der Waals surface area contributed by atoms with E-state index in [2.05, 4.69) is 80.6 Å². The van der Waals surface area contributed by atoms with Crippen LogP contribution in [0.2, 0.25) is 0 Å². The first-order valence-corrected chi connectivity index (χ1v) is 11.9. The molecule has 1 saturated heterocycles. The molecule has 1 heterocycles.